The van der Waals surface area contributed by atoms with Crippen molar-refractivity contribution in [3.63, 3.8) is 0 Å². The maximum absolute atomic E-state index is 4.47. The molecule has 0 spiro atoms. The second-order valence-corrected chi connectivity index (χ2v) is 4.03. The first kappa shape index (κ1) is 9.37. The first-order valence-corrected chi connectivity index (χ1v) is 5.24. The largest absolute Gasteiger partial charge is 0.351 e. The van der Waals surface area contributed by atoms with Gasteiger partial charge in [0, 0.05) is 6.04 Å². The fourth-order valence-electron chi connectivity index (χ4n) is 1.68. The van der Waals surface area contributed by atoms with Crippen LogP contribution in [0.4, 0.5) is 5.95 Å². The van der Waals surface area contributed by atoms with E-state index in [0.29, 0.717) is 12.0 Å². The lowest BCUT2D eigenvalue weighted by Crippen LogP contribution is -2.17. The zero-order valence-electron chi connectivity index (χ0n) is 8.75. The van der Waals surface area contributed by atoms with Crippen LogP contribution in [0.1, 0.15) is 38.1 Å². The van der Waals surface area contributed by atoms with E-state index >= 15 is 0 Å². The third-order valence-corrected chi connectivity index (χ3v) is 2.33. The van der Waals surface area contributed by atoms with E-state index in [1.165, 1.54) is 12.8 Å². The van der Waals surface area contributed by atoms with E-state index < -0.39 is 0 Å². The predicted molar refractivity (Wildman–Crippen MR) is 55.2 cm³/mol. The molecule has 4 heteroatoms. The minimum Gasteiger partial charge on any atom is -0.351 e. The summed E-state index contributed by atoms with van der Waals surface area (Å²) in [6.45, 7) is 4.14. The summed E-state index contributed by atoms with van der Waals surface area (Å²) >= 11 is 0. The molecule has 0 saturated carbocycles. The van der Waals surface area contributed by atoms with E-state index in [-0.39, 0.29) is 0 Å². The van der Waals surface area contributed by atoms with Gasteiger partial charge >= 0.3 is 0 Å². The highest BCUT2D eigenvalue weighted by Crippen LogP contribution is 2.17. The quantitative estimate of drug-likeness (QED) is 0.772. The number of nitrogens with one attached hydrogen (secondary N) is 1. The molecule has 0 atom stereocenters. The molecule has 1 aliphatic carbocycles. The van der Waals surface area contributed by atoms with Gasteiger partial charge in [-0.1, -0.05) is 0 Å². The lowest BCUT2D eigenvalue weighted by molar-refractivity contribution is 0.631. The van der Waals surface area contributed by atoms with Crippen molar-refractivity contribution in [3.05, 3.63) is 11.4 Å². The van der Waals surface area contributed by atoms with Crippen molar-refractivity contribution < 1.29 is 0 Å². The van der Waals surface area contributed by atoms with Gasteiger partial charge in [-0.3, -0.25) is 0 Å². The van der Waals surface area contributed by atoms with Crippen LogP contribution in [0.25, 0.3) is 0 Å². The molecule has 1 N–H and O–H groups in total. The monoisotopic (exact) mass is 192 g/mol. The highest BCUT2D eigenvalue weighted by atomic mass is 15.2. The Labute approximate surface area is 84.2 Å². The summed E-state index contributed by atoms with van der Waals surface area (Å²) in [5, 5.41) is 11.4. The van der Waals surface area contributed by atoms with Gasteiger partial charge in [-0.15, -0.1) is 10.2 Å². The van der Waals surface area contributed by atoms with Crippen molar-refractivity contribution in [1.29, 1.82) is 0 Å². The maximum atomic E-state index is 4.47. The summed E-state index contributed by atoms with van der Waals surface area (Å²) < 4.78 is 0. The molecule has 14 heavy (non-hydrogen) atoms. The summed E-state index contributed by atoms with van der Waals surface area (Å²) in [6, 6.07) is 0.360. The van der Waals surface area contributed by atoms with Crippen molar-refractivity contribution in [2.45, 2.75) is 45.6 Å². The van der Waals surface area contributed by atoms with E-state index in [0.717, 1.165) is 24.2 Å². The normalized spacial score (nSPS) is 15.4. The summed E-state index contributed by atoms with van der Waals surface area (Å²) in [6.07, 6.45) is 4.54. The van der Waals surface area contributed by atoms with Crippen LogP contribution in [0.2, 0.25) is 0 Å². The van der Waals surface area contributed by atoms with E-state index in [2.05, 4.69) is 34.3 Å². The van der Waals surface area contributed by atoms with Gasteiger partial charge in [-0.05, 0) is 39.5 Å². The van der Waals surface area contributed by atoms with Gasteiger partial charge in [0.05, 0.1) is 11.4 Å². The van der Waals surface area contributed by atoms with Crippen LogP contribution in [0.15, 0.2) is 0 Å². The van der Waals surface area contributed by atoms with E-state index in [1.807, 2.05) is 0 Å². The van der Waals surface area contributed by atoms with Gasteiger partial charge in [0.2, 0.25) is 5.95 Å². The third kappa shape index (κ3) is 2.00. The average molecular weight is 192 g/mol. The van der Waals surface area contributed by atoms with E-state index in [1.54, 1.807) is 0 Å². The van der Waals surface area contributed by atoms with Gasteiger partial charge in [0.15, 0.2) is 0 Å². The average Bonchev–Trinajstić information content (AvgIpc) is 2.17. The zero-order valence-corrected chi connectivity index (χ0v) is 8.75. The second kappa shape index (κ2) is 3.90. The molecule has 1 aromatic heterocycles. The molecule has 0 fully saturated rings. The Balaban J connectivity index is 2.20. The number of fused-ring (bicyclic) bond motifs is 1. The van der Waals surface area contributed by atoms with Crippen LogP contribution in [-0.2, 0) is 12.8 Å². The van der Waals surface area contributed by atoms with Crippen molar-refractivity contribution in [1.82, 2.24) is 15.2 Å². The molecule has 0 bridgehead atoms. The lowest BCUT2D eigenvalue weighted by atomic mass is 10.0. The van der Waals surface area contributed by atoms with Gasteiger partial charge < -0.3 is 5.32 Å². The van der Waals surface area contributed by atoms with Crippen LogP contribution in [0.3, 0.4) is 0 Å². The van der Waals surface area contributed by atoms with Crippen molar-refractivity contribution in [2.24, 2.45) is 0 Å². The number of aryl methyl sites for hydroxylation is 2. The van der Waals surface area contributed by atoms with Crippen molar-refractivity contribution in [2.75, 3.05) is 5.32 Å². The Bertz CT molecular complexity index is 322. The first-order chi connectivity index (χ1) is 6.75. The fourth-order valence-corrected chi connectivity index (χ4v) is 1.68. The molecule has 1 aromatic rings. The Morgan fingerprint density at radius 3 is 2.50 bits per heavy atom. The Hall–Kier alpha value is -1.19. The molecule has 1 heterocycles. The van der Waals surface area contributed by atoms with Crippen molar-refractivity contribution >= 4 is 5.95 Å². The molecular formula is C10H16N4. The highest BCUT2D eigenvalue weighted by molar-refractivity contribution is 5.27. The number of hydrogen-bond donors (Lipinski definition) is 1. The van der Waals surface area contributed by atoms with Crippen LogP contribution >= 0.6 is 0 Å². The van der Waals surface area contributed by atoms with Gasteiger partial charge in [0.25, 0.3) is 0 Å². The SMILES string of the molecule is CC(C)Nc1nnc2c(n1)CCCC2. The molecule has 0 aliphatic heterocycles. The Kier molecular flexibility index (Phi) is 2.61. The molecule has 0 saturated heterocycles. The molecule has 4 nitrogen and oxygen atoms in total. The maximum Gasteiger partial charge on any atom is 0.243 e. The fraction of sp³-hybridized carbons (Fsp3) is 0.700. The van der Waals surface area contributed by atoms with Gasteiger partial charge in [-0.2, -0.15) is 0 Å². The van der Waals surface area contributed by atoms with Crippen molar-refractivity contribution in [3.8, 4) is 0 Å². The summed E-state index contributed by atoms with van der Waals surface area (Å²) in [5.74, 6) is 0.667. The highest BCUT2D eigenvalue weighted by Gasteiger charge is 2.13. The van der Waals surface area contributed by atoms with Crippen LogP contribution in [-0.4, -0.2) is 21.2 Å². The topological polar surface area (TPSA) is 50.7 Å². The summed E-state index contributed by atoms with van der Waals surface area (Å²) in [4.78, 5) is 4.47. The minimum absolute atomic E-state index is 0.360. The number of anilines is 1. The molecule has 0 aromatic carbocycles. The number of rotatable bonds is 2. The molecule has 76 valence electrons. The van der Waals surface area contributed by atoms with Gasteiger partial charge in [0.1, 0.15) is 0 Å². The Morgan fingerprint density at radius 2 is 1.79 bits per heavy atom. The standard InChI is InChI=1S/C10H16N4/c1-7(2)11-10-12-8-5-3-4-6-9(8)13-14-10/h7H,3-6H2,1-2H3,(H,11,12,14). The summed E-state index contributed by atoms with van der Waals surface area (Å²) in [7, 11) is 0. The molecule has 0 radical (unpaired) electrons. The molecule has 1 aliphatic rings. The number of nitrogens with zero attached hydrogens (tertiary/aromatic N) is 3. The molecule has 0 amide bonds. The number of hydrogen-bond acceptors (Lipinski definition) is 4. The van der Waals surface area contributed by atoms with Gasteiger partial charge in [-0.25, -0.2) is 4.98 Å². The van der Waals surface area contributed by atoms with E-state index in [9.17, 15) is 0 Å². The molecular weight excluding hydrogens is 176 g/mol. The molecule has 2 rings (SSSR count). The lowest BCUT2D eigenvalue weighted by Gasteiger charge is -2.14. The Morgan fingerprint density at radius 1 is 1.07 bits per heavy atom. The van der Waals surface area contributed by atoms with Crippen LogP contribution < -0.4 is 5.32 Å². The molecule has 0 unspecified atom stereocenters. The van der Waals surface area contributed by atoms with Crippen LogP contribution in [0, 0.1) is 0 Å². The van der Waals surface area contributed by atoms with E-state index in [4.69, 9.17) is 0 Å². The van der Waals surface area contributed by atoms with Crippen LogP contribution in [0.5, 0.6) is 0 Å². The summed E-state index contributed by atoms with van der Waals surface area (Å²) in [5.41, 5.74) is 2.22. The first-order valence-electron chi connectivity index (χ1n) is 5.24. The minimum atomic E-state index is 0.360. The zero-order chi connectivity index (χ0) is 9.97. The smallest absolute Gasteiger partial charge is 0.243 e. The second-order valence-electron chi connectivity index (χ2n) is 4.03. The predicted octanol–water partition coefficient (Wildman–Crippen LogP) is 1.57. The number of aromatic nitrogens is 3. The third-order valence-electron chi connectivity index (χ3n) is 2.33.